The molecule has 0 unspecified atom stereocenters. The highest BCUT2D eigenvalue weighted by Crippen LogP contribution is 2.35. The molecule has 0 saturated heterocycles. The molecule has 2 amide bonds. The lowest BCUT2D eigenvalue weighted by molar-refractivity contribution is -0.140. The molecule has 0 fully saturated rings. The third-order valence-electron chi connectivity index (χ3n) is 6.53. The van der Waals surface area contributed by atoms with E-state index in [1.807, 2.05) is 51.1 Å². The van der Waals surface area contributed by atoms with Gasteiger partial charge in [0.05, 0.1) is 11.9 Å². The second kappa shape index (κ2) is 13.0. The van der Waals surface area contributed by atoms with E-state index in [-0.39, 0.29) is 24.6 Å². The highest BCUT2D eigenvalue weighted by Gasteiger charge is 2.34. The van der Waals surface area contributed by atoms with Crippen molar-refractivity contribution in [1.82, 2.24) is 10.2 Å². The lowest BCUT2D eigenvalue weighted by Crippen LogP contribution is -2.56. The van der Waals surface area contributed by atoms with Crippen molar-refractivity contribution in [2.24, 2.45) is 0 Å². The molecule has 0 spiro atoms. The van der Waals surface area contributed by atoms with Gasteiger partial charge in [-0.05, 0) is 56.2 Å². The number of nitrogens with one attached hydrogen (secondary N) is 1. The summed E-state index contributed by atoms with van der Waals surface area (Å²) in [6.07, 6.45) is 1.26. The van der Waals surface area contributed by atoms with E-state index in [2.05, 4.69) is 5.32 Å². The maximum Gasteiger partial charge on any atom is 0.244 e. The maximum atomic E-state index is 14.2. The zero-order valence-corrected chi connectivity index (χ0v) is 25.7. The molecule has 0 aromatic heterocycles. The van der Waals surface area contributed by atoms with E-state index in [0.717, 1.165) is 21.7 Å². The molecule has 11 heteroatoms. The summed E-state index contributed by atoms with van der Waals surface area (Å²) in [5.41, 5.74) is 1.28. The summed E-state index contributed by atoms with van der Waals surface area (Å²) in [5.74, 6) is -0.00514. The maximum absolute atomic E-state index is 14.2. The molecule has 1 N–H and O–H groups in total. The van der Waals surface area contributed by atoms with Gasteiger partial charge in [0.2, 0.25) is 21.8 Å². The molecule has 1 heterocycles. The quantitative estimate of drug-likeness (QED) is 0.363. The van der Waals surface area contributed by atoms with Crippen molar-refractivity contribution in [1.29, 1.82) is 0 Å². The second-order valence-corrected chi connectivity index (χ2v) is 13.5. The number of fused-ring (bicyclic) bond motifs is 1. The molecule has 1 aliphatic rings. The van der Waals surface area contributed by atoms with E-state index in [9.17, 15) is 18.0 Å². The van der Waals surface area contributed by atoms with Crippen molar-refractivity contribution in [2.45, 2.75) is 45.3 Å². The van der Waals surface area contributed by atoms with Crippen LogP contribution in [0, 0.1) is 0 Å². The van der Waals surface area contributed by atoms with Gasteiger partial charge in [0, 0.05) is 29.6 Å². The molecule has 42 heavy (non-hydrogen) atoms. The van der Waals surface area contributed by atoms with E-state index in [1.165, 1.54) is 4.90 Å². The van der Waals surface area contributed by atoms with Crippen molar-refractivity contribution in [3.63, 3.8) is 0 Å². The summed E-state index contributed by atoms with van der Waals surface area (Å²) >= 11 is 6.10. The van der Waals surface area contributed by atoms with Crippen LogP contribution < -0.4 is 19.1 Å². The molecule has 4 rings (SSSR count). The van der Waals surface area contributed by atoms with Crippen LogP contribution in [0.15, 0.2) is 72.8 Å². The molecule has 0 radical (unpaired) electrons. The smallest absolute Gasteiger partial charge is 0.244 e. The first kappa shape index (κ1) is 31.2. The van der Waals surface area contributed by atoms with Crippen LogP contribution in [0.3, 0.4) is 0 Å². The van der Waals surface area contributed by atoms with Gasteiger partial charge < -0.3 is 19.7 Å². The number of hydrogen-bond acceptors (Lipinski definition) is 6. The van der Waals surface area contributed by atoms with Crippen LogP contribution in [0.4, 0.5) is 5.69 Å². The van der Waals surface area contributed by atoms with Crippen LogP contribution in [0.5, 0.6) is 11.5 Å². The van der Waals surface area contributed by atoms with Crippen LogP contribution in [0.2, 0.25) is 5.02 Å². The molecule has 9 nitrogen and oxygen atoms in total. The Labute approximate surface area is 252 Å². The summed E-state index contributed by atoms with van der Waals surface area (Å²) in [6.45, 7) is 5.84. The summed E-state index contributed by atoms with van der Waals surface area (Å²) in [7, 11) is -3.91. The molecule has 224 valence electrons. The average Bonchev–Trinajstić information content (AvgIpc) is 2.93. The van der Waals surface area contributed by atoms with E-state index in [4.69, 9.17) is 21.1 Å². The Balaban J connectivity index is 1.74. The van der Waals surface area contributed by atoms with E-state index < -0.39 is 34.1 Å². The first-order valence-corrected chi connectivity index (χ1v) is 15.8. The molecular weight excluding hydrogens is 578 g/mol. The number of anilines is 1. The SMILES string of the molecule is CC(C)(C)NC(=O)[C@@H](Cc1ccccc1)N(Cc1ccc(Cl)cc1)C(=O)CN(c1ccc2c(c1)OCCO2)S(C)(=O)=O. The first-order valence-electron chi connectivity index (χ1n) is 13.6. The molecule has 0 bridgehead atoms. The lowest BCUT2D eigenvalue weighted by atomic mass is 10.0. The number of rotatable bonds is 10. The summed E-state index contributed by atoms with van der Waals surface area (Å²) < 4.78 is 38.3. The number of halogens is 1. The van der Waals surface area contributed by atoms with Gasteiger partial charge in [-0.25, -0.2) is 8.42 Å². The fourth-order valence-corrected chi connectivity index (χ4v) is 5.56. The number of carbonyl (C=O) groups excluding carboxylic acids is 2. The minimum Gasteiger partial charge on any atom is -0.486 e. The number of carbonyl (C=O) groups is 2. The topological polar surface area (TPSA) is 105 Å². The normalized spacial score (nSPS) is 13.6. The third-order valence-corrected chi connectivity index (χ3v) is 7.92. The Bertz CT molecular complexity index is 1510. The van der Waals surface area contributed by atoms with Gasteiger partial charge in [0.25, 0.3) is 0 Å². The van der Waals surface area contributed by atoms with Crippen molar-refractivity contribution < 1.29 is 27.5 Å². The Morgan fingerprint density at radius 3 is 2.19 bits per heavy atom. The van der Waals surface area contributed by atoms with Gasteiger partial charge in [-0.15, -0.1) is 0 Å². The molecule has 1 aliphatic heterocycles. The zero-order chi connectivity index (χ0) is 30.5. The van der Waals surface area contributed by atoms with Crippen LogP contribution >= 0.6 is 11.6 Å². The molecule has 3 aromatic carbocycles. The van der Waals surface area contributed by atoms with Crippen molar-refractivity contribution >= 4 is 39.1 Å². The Hall–Kier alpha value is -3.76. The average molecular weight is 614 g/mol. The van der Waals surface area contributed by atoms with Crippen LogP contribution in [0.1, 0.15) is 31.9 Å². The summed E-state index contributed by atoms with van der Waals surface area (Å²) in [4.78, 5) is 29.4. The lowest BCUT2D eigenvalue weighted by Gasteiger charge is -2.35. The van der Waals surface area contributed by atoms with Crippen LogP contribution in [0.25, 0.3) is 0 Å². The highest BCUT2D eigenvalue weighted by molar-refractivity contribution is 7.92. The number of amides is 2. The Morgan fingerprint density at radius 1 is 0.929 bits per heavy atom. The molecule has 1 atom stereocenters. The van der Waals surface area contributed by atoms with Gasteiger partial charge in [0.1, 0.15) is 25.8 Å². The largest absolute Gasteiger partial charge is 0.486 e. The predicted molar refractivity (Wildman–Crippen MR) is 163 cm³/mol. The van der Waals surface area contributed by atoms with Crippen LogP contribution in [-0.2, 0) is 32.6 Å². The molecule has 0 saturated carbocycles. The molecule has 0 aliphatic carbocycles. The van der Waals surface area contributed by atoms with Gasteiger partial charge in [-0.2, -0.15) is 0 Å². The molecule has 3 aromatic rings. The third kappa shape index (κ3) is 8.39. The summed E-state index contributed by atoms with van der Waals surface area (Å²) in [6, 6.07) is 20.2. The Morgan fingerprint density at radius 2 is 1.57 bits per heavy atom. The van der Waals surface area contributed by atoms with Crippen molar-refractivity contribution in [2.75, 3.05) is 30.3 Å². The number of sulfonamides is 1. The highest BCUT2D eigenvalue weighted by atomic mass is 35.5. The number of benzene rings is 3. The second-order valence-electron chi connectivity index (χ2n) is 11.2. The number of hydrogen-bond donors (Lipinski definition) is 1. The van der Waals surface area contributed by atoms with Gasteiger partial charge >= 0.3 is 0 Å². The fourth-order valence-electron chi connectivity index (χ4n) is 4.59. The van der Waals surface area contributed by atoms with Gasteiger partial charge in [0.15, 0.2) is 11.5 Å². The minimum absolute atomic E-state index is 0.0593. The fraction of sp³-hybridized carbons (Fsp3) is 0.355. The summed E-state index contributed by atoms with van der Waals surface area (Å²) in [5, 5.41) is 3.54. The van der Waals surface area contributed by atoms with Crippen molar-refractivity contribution in [3.05, 3.63) is 88.9 Å². The number of nitrogens with zero attached hydrogens (tertiary/aromatic N) is 2. The van der Waals surface area contributed by atoms with Crippen molar-refractivity contribution in [3.8, 4) is 11.5 Å². The van der Waals surface area contributed by atoms with Gasteiger partial charge in [-0.1, -0.05) is 54.1 Å². The standard InChI is InChI=1S/C31H36ClN3O6S/c1-31(2,3)33-30(37)26(18-22-8-6-5-7-9-22)34(20-23-10-12-24(32)13-11-23)29(36)21-35(42(4,38)39)25-14-15-27-28(19-25)41-17-16-40-27/h5-15,19,26H,16-18,20-21H2,1-4H3,(H,33,37)/t26-/m1/s1. The van der Waals surface area contributed by atoms with E-state index in [0.29, 0.717) is 29.7 Å². The number of ether oxygens (including phenoxy) is 2. The van der Waals surface area contributed by atoms with E-state index in [1.54, 1.807) is 42.5 Å². The van der Waals surface area contributed by atoms with Crippen LogP contribution in [-0.4, -0.2) is 62.7 Å². The van der Waals surface area contributed by atoms with Gasteiger partial charge in [-0.3, -0.25) is 13.9 Å². The minimum atomic E-state index is -3.91. The molecular formula is C31H36ClN3O6S. The van der Waals surface area contributed by atoms with E-state index >= 15 is 0 Å². The first-order chi connectivity index (χ1) is 19.8. The monoisotopic (exact) mass is 613 g/mol. The predicted octanol–water partition coefficient (Wildman–Crippen LogP) is 4.43. The zero-order valence-electron chi connectivity index (χ0n) is 24.2. The Kier molecular flexibility index (Phi) is 9.68.